The number of rotatable bonds is 2. The van der Waals surface area contributed by atoms with Gasteiger partial charge in [0.25, 0.3) is 0 Å². The Morgan fingerprint density at radius 2 is 1.88 bits per heavy atom. The Hall–Kier alpha value is 0.0400. The van der Waals surface area contributed by atoms with Crippen LogP contribution in [0.1, 0.15) is 33.1 Å². The van der Waals surface area contributed by atoms with E-state index in [2.05, 4.69) is 47.8 Å². The normalized spacial score (nSPS) is 29.1. The van der Waals surface area contributed by atoms with Crippen molar-refractivity contribution in [2.75, 3.05) is 5.32 Å². The van der Waals surface area contributed by atoms with Crippen LogP contribution in [0.3, 0.4) is 0 Å². The molecule has 1 aromatic rings. The van der Waals surface area contributed by atoms with Gasteiger partial charge in [-0.3, -0.25) is 0 Å². The SMILES string of the molecule is CC1CCCC(C)C1Nc1cc(I)ccc1Cl. The minimum Gasteiger partial charge on any atom is -0.381 e. The minimum atomic E-state index is 0.555. The molecule has 1 nitrogen and oxygen atoms in total. The smallest absolute Gasteiger partial charge is 0.0638 e. The Morgan fingerprint density at radius 3 is 2.53 bits per heavy atom. The molecule has 17 heavy (non-hydrogen) atoms. The molecular weight excluding hydrogens is 345 g/mol. The summed E-state index contributed by atoms with van der Waals surface area (Å²) >= 11 is 8.57. The van der Waals surface area contributed by atoms with Gasteiger partial charge in [0.15, 0.2) is 0 Å². The lowest BCUT2D eigenvalue weighted by Gasteiger charge is -2.36. The van der Waals surface area contributed by atoms with E-state index in [-0.39, 0.29) is 0 Å². The highest BCUT2D eigenvalue weighted by molar-refractivity contribution is 14.1. The van der Waals surface area contributed by atoms with E-state index in [1.165, 1.54) is 22.8 Å². The highest BCUT2D eigenvalue weighted by atomic mass is 127. The molecule has 2 unspecified atom stereocenters. The zero-order valence-corrected chi connectivity index (χ0v) is 13.3. The van der Waals surface area contributed by atoms with Gasteiger partial charge < -0.3 is 5.32 Å². The molecule has 0 aromatic heterocycles. The lowest BCUT2D eigenvalue weighted by molar-refractivity contribution is 0.268. The van der Waals surface area contributed by atoms with Crippen molar-refractivity contribution in [2.45, 2.75) is 39.2 Å². The Balaban J connectivity index is 2.16. The van der Waals surface area contributed by atoms with Crippen molar-refractivity contribution >= 4 is 39.9 Å². The van der Waals surface area contributed by atoms with Crippen molar-refractivity contribution in [3.63, 3.8) is 0 Å². The fourth-order valence-electron chi connectivity index (χ4n) is 2.75. The highest BCUT2D eigenvalue weighted by Crippen LogP contribution is 2.33. The summed E-state index contributed by atoms with van der Waals surface area (Å²) in [6.07, 6.45) is 4.01. The fraction of sp³-hybridized carbons (Fsp3) is 0.571. The van der Waals surface area contributed by atoms with E-state index in [1.807, 2.05) is 12.1 Å². The van der Waals surface area contributed by atoms with Crippen molar-refractivity contribution in [2.24, 2.45) is 11.8 Å². The monoisotopic (exact) mass is 363 g/mol. The average Bonchev–Trinajstić information content (AvgIpc) is 2.28. The molecule has 2 atom stereocenters. The molecule has 1 fully saturated rings. The molecule has 0 heterocycles. The zero-order valence-electron chi connectivity index (χ0n) is 10.3. The molecule has 0 bridgehead atoms. The number of hydrogen-bond acceptors (Lipinski definition) is 1. The van der Waals surface area contributed by atoms with E-state index in [4.69, 9.17) is 11.6 Å². The van der Waals surface area contributed by atoms with E-state index in [1.54, 1.807) is 0 Å². The molecule has 0 radical (unpaired) electrons. The van der Waals surface area contributed by atoms with E-state index >= 15 is 0 Å². The molecule has 1 aromatic carbocycles. The van der Waals surface area contributed by atoms with Crippen molar-refractivity contribution in [3.8, 4) is 0 Å². The zero-order chi connectivity index (χ0) is 12.4. The van der Waals surface area contributed by atoms with Crippen LogP contribution in [0.4, 0.5) is 5.69 Å². The Bertz CT molecular complexity index is 384. The van der Waals surface area contributed by atoms with Crippen LogP contribution in [0.5, 0.6) is 0 Å². The second-order valence-electron chi connectivity index (χ2n) is 5.18. The summed E-state index contributed by atoms with van der Waals surface area (Å²) in [7, 11) is 0. The second-order valence-corrected chi connectivity index (χ2v) is 6.83. The number of benzene rings is 1. The van der Waals surface area contributed by atoms with E-state index < -0.39 is 0 Å². The topological polar surface area (TPSA) is 12.0 Å². The molecule has 3 heteroatoms. The highest BCUT2D eigenvalue weighted by Gasteiger charge is 2.27. The van der Waals surface area contributed by atoms with Crippen LogP contribution < -0.4 is 5.32 Å². The van der Waals surface area contributed by atoms with Gasteiger partial charge in [-0.15, -0.1) is 0 Å². The third-order valence-electron chi connectivity index (χ3n) is 3.80. The van der Waals surface area contributed by atoms with E-state index in [9.17, 15) is 0 Å². The first kappa shape index (κ1) is 13.5. The van der Waals surface area contributed by atoms with Crippen LogP contribution in [0, 0.1) is 15.4 Å². The molecule has 1 aliphatic rings. The Labute approximate surface area is 122 Å². The van der Waals surface area contributed by atoms with Gasteiger partial charge in [-0.05, 0) is 65.5 Å². The number of hydrogen-bond donors (Lipinski definition) is 1. The molecule has 0 aliphatic heterocycles. The molecule has 1 N–H and O–H groups in total. The molecule has 1 aliphatic carbocycles. The van der Waals surface area contributed by atoms with E-state index in [0.717, 1.165) is 22.5 Å². The summed E-state index contributed by atoms with van der Waals surface area (Å²) in [5.41, 5.74) is 1.09. The second kappa shape index (κ2) is 5.79. The number of nitrogens with one attached hydrogen (secondary N) is 1. The van der Waals surface area contributed by atoms with Crippen molar-refractivity contribution < 1.29 is 0 Å². The van der Waals surface area contributed by atoms with Crippen LogP contribution in [0.2, 0.25) is 5.02 Å². The predicted octanol–water partition coefficient (Wildman–Crippen LogP) is 5.18. The molecule has 94 valence electrons. The van der Waals surface area contributed by atoms with Crippen molar-refractivity contribution in [3.05, 3.63) is 26.8 Å². The first-order valence-electron chi connectivity index (χ1n) is 6.29. The first-order chi connectivity index (χ1) is 8.08. The summed E-state index contributed by atoms with van der Waals surface area (Å²) < 4.78 is 1.23. The average molecular weight is 364 g/mol. The maximum atomic E-state index is 6.25. The summed E-state index contributed by atoms with van der Waals surface area (Å²) in [5.74, 6) is 1.46. The molecule has 1 saturated carbocycles. The van der Waals surface area contributed by atoms with Gasteiger partial charge >= 0.3 is 0 Å². The summed E-state index contributed by atoms with van der Waals surface area (Å²) in [6.45, 7) is 4.68. The van der Waals surface area contributed by atoms with Gasteiger partial charge in [0.05, 0.1) is 10.7 Å². The third kappa shape index (κ3) is 3.28. The Morgan fingerprint density at radius 1 is 1.24 bits per heavy atom. The summed E-state index contributed by atoms with van der Waals surface area (Å²) in [6, 6.07) is 6.71. The van der Waals surface area contributed by atoms with Gasteiger partial charge in [-0.2, -0.15) is 0 Å². The van der Waals surface area contributed by atoms with Crippen molar-refractivity contribution in [1.29, 1.82) is 0 Å². The summed E-state index contributed by atoms with van der Waals surface area (Å²) in [5, 5.41) is 4.48. The largest absolute Gasteiger partial charge is 0.381 e. The molecule has 0 saturated heterocycles. The van der Waals surface area contributed by atoms with Crippen LogP contribution in [-0.2, 0) is 0 Å². The number of anilines is 1. The van der Waals surface area contributed by atoms with Gasteiger partial charge in [0.2, 0.25) is 0 Å². The minimum absolute atomic E-state index is 0.555. The van der Waals surface area contributed by atoms with Crippen LogP contribution >= 0.6 is 34.2 Å². The van der Waals surface area contributed by atoms with Gasteiger partial charge in [0.1, 0.15) is 0 Å². The van der Waals surface area contributed by atoms with E-state index in [0.29, 0.717) is 6.04 Å². The van der Waals surface area contributed by atoms with Crippen LogP contribution in [-0.4, -0.2) is 6.04 Å². The van der Waals surface area contributed by atoms with Gasteiger partial charge in [0, 0.05) is 9.61 Å². The van der Waals surface area contributed by atoms with Crippen LogP contribution in [0.25, 0.3) is 0 Å². The van der Waals surface area contributed by atoms with Gasteiger partial charge in [-0.1, -0.05) is 31.9 Å². The maximum Gasteiger partial charge on any atom is 0.0638 e. The molecule has 0 spiro atoms. The lowest BCUT2D eigenvalue weighted by atomic mass is 9.78. The molecule has 2 rings (SSSR count). The summed E-state index contributed by atoms with van der Waals surface area (Å²) in [4.78, 5) is 0. The molecule has 0 amide bonds. The number of halogens is 2. The lowest BCUT2D eigenvalue weighted by Crippen LogP contribution is -2.37. The quantitative estimate of drug-likeness (QED) is 0.714. The maximum absolute atomic E-state index is 6.25. The third-order valence-corrected chi connectivity index (χ3v) is 4.80. The standard InChI is InChI=1S/C14H19ClIN/c1-9-4-3-5-10(2)14(9)17-13-8-11(16)6-7-12(13)15/h6-10,14,17H,3-5H2,1-2H3. The first-order valence-corrected chi connectivity index (χ1v) is 7.75. The fourth-order valence-corrected chi connectivity index (χ4v) is 3.42. The van der Waals surface area contributed by atoms with Gasteiger partial charge in [-0.25, -0.2) is 0 Å². The van der Waals surface area contributed by atoms with Crippen molar-refractivity contribution in [1.82, 2.24) is 0 Å². The van der Waals surface area contributed by atoms with Crippen LogP contribution in [0.15, 0.2) is 18.2 Å². The molecular formula is C14H19ClIN. The predicted molar refractivity (Wildman–Crippen MR) is 83.8 cm³/mol. The Kier molecular flexibility index (Phi) is 4.59.